The molecule has 0 amide bonds. The van der Waals surface area contributed by atoms with Gasteiger partial charge in [0.25, 0.3) is 0 Å². The molecule has 4 nitrogen and oxygen atoms in total. The molecule has 1 aromatic heterocycles. The van der Waals surface area contributed by atoms with E-state index >= 15 is 0 Å². The van der Waals surface area contributed by atoms with Crippen LogP contribution in [0.25, 0.3) is 16.7 Å². The lowest BCUT2D eigenvalue weighted by molar-refractivity contribution is 0.627. The van der Waals surface area contributed by atoms with Crippen molar-refractivity contribution in [1.29, 1.82) is 5.26 Å². The average Bonchev–Trinajstić information content (AvgIpc) is 2.73. The first-order valence-electron chi connectivity index (χ1n) is 6.05. The largest absolute Gasteiger partial charge is 0.399 e. The summed E-state index contributed by atoms with van der Waals surface area (Å²) in [6, 6.07) is 11.5. The molecule has 5 heteroatoms. The number of aromatic nitrogens is 2. The first-order chi connectivity index (χ1) is 9.60. The fourth-order valence-electron chi connectivity index (χ4n) is 2.31. The van der Waals surface area contributed by atoms with Crippen LogP contribution in [0.15, 0.2) is 36.4 Å². The van der Waals surface area contributed by atoms with Gasteiger partial charge in [0, 0.05) is 5.69 Å². The lowest BCUT2D eigenvalue weighted by atomic mass is 10.1. The molecule has 3 aromatic rings. The molecule has 0 unspecified atom stereocenters. The van der Waals surface area contributed by atoms with Crippen molar-refractivity contribution in [2.24, 2.45) is 0 Å². The third-order valence-electron chi connectivity index (χ3n) is 3.17. The minimum atomic E-state index is -0.434. The fraction of sp³-hybridized carbons (Fsp3) is 0.0667. The lowest BCUT2D eigenvalue weighted by Crippen LogP contribution is -2.00. The first kappa shape index (κ1) is 12.2. The van der Waals surface area contributed by atoms with Crippen LogP contribution in [0.4, 0.5) is 10.1 Å². The van der Waals surface area contributed by atoms with Crippen molar-refractivity contribution in [1.82, 2.24) is 9.55 Å². The van der Waals surface area contributed by atoms with Crippen LogP contribution in [0.3, 0.4) is 0 Å². The molecule has 0 saturated carbocycles. The van der Waals surface area contributed by atoms with Crippen molar-refractivity contribution < 1.29 is 4.39 Å². The Morgan fingerprint density at radius 3 is 2.80 bits per heavy atom. The molecule has 0 spiro atoms. The molecule has 1 heterocycles. The Morgan fingerprint density at radius 1 is 1.25 bits per heavy atom. The summed E-state index contributed by atoms with van der Waals surface area (Å²) < 4.78 is 15.1. The van der Waals surface area contributed by atoms with Crippen molar-refractivity contribution in [3.05, 3.63) is 53.6 Å². The Bertz CT molecular complexity index is 858. The first-order valence-corrected chi connectivity index (χ1v) is 6.05. The Kier molecular flexibility index (Phi) is 2.65. The van der Waals surface area contributed by atoms with E-state index in [1.807, 2.05) is 23.6 Å². The number of hydrogen-bond acceptors (Lipinski definition) is 3. The van der Waals surface area contributed by atoms with Gasteiger partial charge in [0.2, 0.25) is 0 Å². The van der Waals surface area contributed by atoms with Gasteiger partial charge in [-0.25, -0.2) is 9.37 Å². The number of fused-ring (bicyclic) bond motifs is 1. The number of nitrogens with zero attached hydrogens (tertiary/aromatic N) is 3. The van der Waals surface area contributed by atoms with Crippen LogP contribution in [0.1, 0.15) is 11.4 Å². The van der Waals surface area contributed by atoms with Crippen LogP contribution < -0.4 is 5.73 Å². The van der Waals surface area contributed by atoms with Gasteiger partial charge < -0.3 is 5.73 Å². The van der Waals surface area contributed by atoms with Crippen molar-refractivity contribution in [3.8, 4) is 11.8 Å². The Morgan fingerprint density at radius 2 is 2.05 bits per heavy atom. The molecule has 0 bridgehead atoms. The molecule has 0 aliphatic heterocycles. The van der Waals surface area contributed by atoms with Crippen LogP contribution >= 0.6 is 0 Å². The van der Waals surface area contributed by atoms with E-state index in [0.717, 1.165) is 11.0 Å². The summed E-state index contributed by atoms with van der Waals surface area (Å²) in [6.45, 7) is 1.83. The summed E-state index contributed by atoms with van der Waals surface area (Å²) in [7, 11) is 0. The number of anilines is 1. The number of nitriles is 1. The molecule has 0 aliphatic carbocycles. The number of aryl methyl sites for hydroxylation is 1. The molecule has 0 fully saturated rings. The van der Waals surface area contributed by atoms with E-state index in [1.54, 1.807) is 18.2 Å². The second-order valence-corrected chi connectivity index (χ2v) is 4.52. The minimum Gasteiger partial charge on any atom is -0.399 e. The van der Waals surface area contributed by atoms with Gasteiger partial charge in [0.1, 0.15) is 17.7 Å². The highest BCUT2D eigenvalue weighted by molar-refractivity contribution is 5.82. The number of hydrogen-bond donors (Lipinski definition) is 1. The van der Waals surface area contributed by atoms with Crippen LogP contribution in [0.5, 0.6) is 0 Å². The number of halogens is 1. The van der Waals surface area contributed by atoms with Gasteiger partial charge in [-0.05, 0) is 43.3 Å². The number of rotatable bonds is 1. The highest BCUT2D eigenvalue weighted by Gasteiger charge is 2.13. The maximum Gasteiger partial charge on any atom is 0.124 e. The molecule has 2 aromatic carbocycles. The van der Waals surface area contributed by atoms with E-state index in [9.17, 15) is 9.65 Å². The summed E-state index contributed by atoms with van der Waals surface area (Å²) >= 11 is 0. The predicted octanol–water partition coefficient (Wildman–Crippen LogP) is 2.93. The maximum absolute atomic E-state index is 13.3. The second-order valence-electron chi connectivity index (χ2n) is 4.52. The fourth-order valence-corrected chi connectivity index (χ4v) is 2.31. The van der Waals surface area contributed by atoms with Crippen molar-refractivity contribution >= 4 is 16.7 Å². The third-order valence-corrected chi connectivity index (χ3v) is 3.17. The summed E-state index contributed by atoms with van der Waals surface area (Å²) in [6.07, 6.45) is 0. The van der Waals surface area contributed by atoms with Gasteiger partial charge in [-0.2, -0.15) is 5.26 Å². The zero-order valence-electron chi connectivity index (χ0n) is 10.8. The smallest absolute Gasteiger partial charge is 0.124 e. The highest BCUT2D eigenvalue weighted by Crippen LogP contribution is 2.25. The lowest BCUT2D eigenvalue weighted by Gasteiger charge is -2.09. The molecule has 3 rings (SSSR count). The molecule has 0 aliphatic rings. The topological polar surface area (TPSA) is 67.6 Å². The summed E-state index contributed by atoms with van der Waals surface area (Å²) in [5, 5.41) is 9.18. The quantitative estimate of drug-likeness (QED) is 0.688. The van der Waals surface area contributed by atoms with Crippen LogP contribution in [0, 0.1) is 24.1 Å². The summed E-state index contributed by atoms with van der Waals surface area (Å²) in [5.74, 6) is 0.283. The van der Waals surface area contributed by atoms with Crippen molar-refractivity contribution in [2.75, 3.05) is 5.73 Å². The summed E-state index contributed by atoms with van der Waals surface area (Å²) in [5.41, 5.74) is 8.83. The predicted molar refractivity (Wildman–Crippen MR) is 74.9 cm³/mol. The molecule has 0 radical (unpaired) electrons. The molecule has 98 valence electrons. The van der Waals surface area contributed by atoms with E-state index in [-0.39, 0.29) is 5.56 Å². The maximum atomic E-state index is 13.3. The van der Waals surface area contributed by atoms with E-state index in [2.05, 4.69) is 4.98 Å². The third kappa shape index (κ3) is 1.79. The van der Waals surface area contributed by atoms with Gasteiger partial charge >= 0.3 is 0 Å². The summed E-state index contributed by atoms with van der Waals surface area (Å²) in [4.78, 5) is 4.43. The van der Waals surface area contributed by atoms with E-state index in [1.165, 1.54) is 12.1 Å². The van der Waals surface area contributed by atoms with Gasteiger partial charge in [-0.15, -0.1) is 0 Å². The Balaban J connectivity index is 2.35. The second kappa shape index (κ2) is 4.35. The number of nitrogen functional groups attached to an aromatic ring is 1. The molecule has 0 saturated heterocycles. The van der Waals surface area contributed by atoms with Gasteiger partial charge in [-0.1, -0.05) is 0 Å². The standard InChI is InChI=1S/C15H11FN4/c1-9-19-13-7-12(18)3-5-15(13)20(9)14-4-2-11(16)6-10(14)8-17/h2-7H,18H2,1H3. The van der Waals surface area contributed by atoms with Crippen LogP contribution in [-0.2, 0) is 0 Å². The van der Waals surface area contributed by atoms with Crippen molar-refractivity contribution in [2.45, 2.75) is 6.92 Å². The molecule has 20 heavy (non-hydrogen) atoms. The normalized spacial score (nSPS) is 10.7. The monoisotopic (exact) mass is 266 g/mol. The molecular weight excluding hydrogens is 255 g/mol. The zero-order valence-corrected chi connectivity index (χ0v) is 10.8. The highest BCUT2D eigenvalue weighted by atomic mass is 19.1. The Labute approximate surface area is 114 Å². The average molecular weight is 266 g/mol. The minimum absolute atomic E-state index is 0.268. The van der Waals surface area contributed by atoms with Crippen molar-refractivity contribution in [3.63, 3.8) is 0 Å². The van der Waals surface area contributed by atoms with Crippen LogP contribution in [0.2, 0.25) is 0 Å². The van der Waals surface area contributed by atoms with E-state index in [0.29, 0.717) is 17.2 Å². The molecular formula is C15H11FN4. The van der Waals surface area contributed by atoms with E-state index < -0.39 is 5.82 Å². The number of imidazole rings is 1. The molecule has 0 atom stereocenters. The molecule has 2 N–H and O–H groups in total. The van der Waals surface area contributed by atoms with E-state index in [4.69, 9.17) is 5.73 Å². The Hall–Kier alpha value is -2.87. The number of benzene rings is 2. The van der Waals surface area contributed by atoms with Gasteiger partial charge in [-0.3, -0.25) is 4.57 Å². The SMILES string of the molecule is Cc1nc2cc(N)ccc2n1-c1ccc(F)cc1C#N. The van der Waals surface area contributed by atoms with Gasteiger partial charge in [0.15, 0.2) is 0 Å². The number of nitrogens with two attached hydrogens (primary N) is 1. The van der Waals surface area contributed by atoms with Gasteiger partial charge in [0.05, 0.1) is 22.3 Å². The zero-order chi connectivity index (χ0) is 14.3. The van der Waals surface area contributed by atoms with Crippen LogP contribution in [-0.4, -0.2) is 9.55 Å².